The Morgan fingerprint density at radius 2 is 2.22 bits per heavy atom. The molecule has 1 atom stereocenters. The smallest absolute Gasteiger partial charge is 0.287 e. The predicted molar refractivity (Wildman–Crippen MR) is 78.5 cm³/mol. The van der Waals surface area contributed by atoms with E-state index in [4.69, 9.17) is 4.74 Å². The van der Waals surface area contributed by atoms with Gasteiger partial charge in [-0.1, -0.05) is 13.0 Å². The molecule has 100 valence electrons. The normalized spacial score (nSPS) is 12.2. The number of halogens is 1. The van der Waals surface area contributed by atoms with Crippen LogP contribution in [0.4, 0.5) is 5.69 Å². The van der Waals surface area contributed by atoms with Gasteiger partial charge >= 0.3 is 0 Å². The minimum absolute atomic E-state index is 0.0240. The molecule has 0 aliphatic carbocycles. The summed E-state index contributed by atoms with van der Waals surface area (Å²) in [5, 5.41) is 10.8. The SMILES string of the molecule is CC(CCS)CCOc1cccc([N+](=O)[O-])c1Br. The summed E-state index contributed by atoms with van der Waals surface area (Å²) in [6.45, 7) is 2.69. The largest absolute Gasteiger partial charge is 0.492 e. The van der Waals surface area contributed by atoms with E-state index >= 15 is 0 Å². The number of rotatable bonds is 7. The van der Waals surface area contributed by atoms with Crippen LogP contribution in [0, 0.1) is 16.0 Å². The highest BCUT2D eigenvalue weighted by atomic mass is 79.9. The first kappa shape index (κ1) is 15.3. The van der Waals surface area contributed by atoms with Crippen molar-refractivity contribution < 1.29 is 9.66 Å². The third kappa shape index (κ3) is 4.49. The zero-order valence-electron chi connectivity index (χ0n) is 10.1. The molecule has 18 heavy (non-hydrogen) atoms. The summed E-state index contributed by atoms with van der Waals surface area (Å²) in [5.74, 6) is 1.92. The average Bonchev–Trinajstić information content (AvgIpc) is 2.31. The van der Waals surface area contributed by atoms with Gasteiger partial charge in [-0.05, 0) is 46.5 Å². The van der Waals surface area contributed by atoms with Gasteiger partial charge in [-0.2, -0.15) is 12.6 Å². The van der Waals surface area contributed by atoms with Crippen molar-refractivity contribution in [1.29, 1.82) is 0 Å². The van der Waals surface area contributed by atoms with Crippen LogP contribution in [-0.2, 0) is 0 Å². The van der Waals surface area contributed by atoms with E-state index in [1.54, 1.807) is 12.1 Å². The minimum Gasteiger partial charge on any atom is -0.492 e. The molecule has 0 aliphatic heterocycles. The van der Waals surface area contributed by atoms with Crippen LogP contribution in [0.2, 0.25) is 0 Å². The molecule has 4 nitrogen and oxygen atoms in total. The molecule has 0 saturated carbocycles. The summed E-state index contributed by atoms with van der Waals surface area (Å²) in [6.07, 6.45) is 1.96. The number of hydrogen-bond acceptors (Lipinski definition) is 4. The number of nitro benzene ring substituents is 1. The first-order valence-electron chi connectivity index (χ1n) is 5.72. The summed E-state index contributed by atoms with van der Waals surface area (Å²) in [4.78, 5) is 10.3. The van der Waals surface area contributed by atoms with Crippen molar-refractivity contribution in [3.05, 3.63) is 32.8 Å². The van der Waals surface area contributed by atoms with Gasteiger partial charge in [-0.3, -0.25) is 10.1 Å². The van der Waals surface area contributed by atoms with Gasteiger partial charge in [0.15, 0.2) is 0 Å². The molecule has 1 aromatic carbocycles. The van der Waals surface area contributed by atoms with Gasteiger partial charge in [0.05, 0.1) is 11.5 Å². The number of nitrogens with zero attached hydrogens (tertiary/aromatic N) is 1. The summed E-state index contributed by atoms with van der Waals surface area (Å²) in [7, 11) is 0. The van der Waals surface area contributed by atoms with Crippen LogP contribution in [-0.4, -0.2) is 17.3 Å². The molecule has 0 radical (unpaired) electrons. The lowest BCUT2D eigenvalue weighted by Crippen LogP contribution is -2.05. The van der Waals surface area contributed by atoms with Crippen molar-refractivity contribution in [3.63, 3.8) is 0 Å². The van der Waals surface area contributed by atoms with E-state index in [9.17, 15) is 10.1 Å². The summed E-state index contributed by atoms with van der Waals surface area (Å²) < 4.78 is 5.97. The quantitative estimate of drug-likeness (QED) is 0.464. The van der Waals surface area contributed by atoms with Gasteiger partial charge in [0, 0.05) is 6.07 Å². The highest BCUT2D eigenvalue weighted by molar-refractivity contribution is 9.10. The van der Waals surface area contributed by atoms with E-state index < -0.39 is 4.92 Å². The van der Waals surface area contributed by atoms with Gasteiger partial charge < -0.3 is 4.74 Å². The lowest BCUT2D eigenvalue weighted by molar-refractivity contribution is -0.385. The highest BCUT2D eigenvalue weighted by Gasteiger charge is 2.15. The predicted octanol–water partition coefficient (Wildman–Crippen LogP) is 4.08. The Hall–Kier alpha value is -0.750. The Kier molecular flexibility index (Phi) is 6.49. The monoisotopic (exact) mass is 333 g/mol. The van der Waals surface area contributed by atoms with Gasteiger partial charge in [0.25, 0.3) is 5.69 Å². The zero-order chi connectivity index (χ0) is 13.5. The maximum Gasteiger partial charge on any atom is 0.287 e. The van der Waals surface area contributed by atoms with E-state index in [2.05, 4.69) is 35.5 Å². The second-order valence-corrected chi connectivity index (χ2v) is 5.34. The molecule has 0 heterocycles. The van der Waals surface area contributed by atoms with Crippen LogP contribution >= 0.6 is 28.6 Å². The van der Waals surface area contributed by atoms with Crippen LogP contribution in [0.3, 0.4) is 0 Å². The zero-order valence-corrected chi connectivity index (χ0v) is 12.6. The van der Waals surface area contributed by atoms with Gasteiger partial charge in [0.2, 0.25) is 0 Å². The molecule has 0 bridgehead atoms. The first-order valence-corrected chi connectivity index (χ1v) is 7.15. The Balaban J connectivity index is 2.57. The van der Waals surface area contributed by atoms with Crippen LogP contribution in [0.5, 0.6) is 5.75 Å². The Morgan fingerprint density at radius 3 is 2.83 bits per heavy atom. The van der Waals surface area contributed by atoms with Crippen molar-refractivity contribution in [2.75, 3.05) is 12.4 Å². The number of hydrogen-bond donors (Lipinski definition) is 1. The fourth-order valence-corrected chi connectivity index (χ4v) is 2.45. The van der Waals surface area contributed by atoms with E-state index in [1.807, 2.05) is 0 Å². The molecule has 0 amide bonds. The Morgan fingerprint density at radius 1 is 1.50 bits per heavy atom. The molecule has 0 saturated heterocycles. The number of benzene rings is 1. The number of ether oxygens (including phenoxy) is 1. The lowest BCUT2D eigenvalue weighted by Gasteiger charge is -2.12. The topological polar surface area (TPSA) is 52.4 Å². The van der Waals surface area contributed by atoms with E-state index in [0.29, 0.717) is 22.7 Å². The molecule has 6 heteroatoms. The Labute approximate surface area is 120 Å². The fraction of sp³-hybridized carbons (Fsp3) is 0.500. The van der Waals surface area contributed by atoms with E-state index in [-0.39, 0.29) is 5.69 Å². The Bertz CT molecular complexity index is 414. The highest BCUT2D eigenvalue weighted by Crippen LogP contribution is 2.33. The van der Waals surface area contributed by atoms with Crippen molar-refractivity contribution in [2.24, 2.45) is 5.92 Å². The maximum absolute atomic E-state index is 10.8. The van der Waals surface area contributed by atoms with Crippen LogP contribution in [0.1, 0.15) is 19.8 Å². The molecular formula is C12H16BrNO3S. The van der Waals surface area contributed by atoms with Crippen molar-refractivity contribution in [1.82, 2.24) is 0 Å². The lowest BCUT2D eigenvalue weighted by atomic mass is 10.1. The van der Waals surface area contributed by atoms with E-state index in [1.165, 1.54) is 6.07 Å². The summed E-state index contributed by atoms with van der Waals surface area (Å²) in [6, 6.07) is 4.79. The molecule has 0 aliphatic rings. The standard InChI is InChI=1S/C12H16BrNO3S/c1-9(6-8-18)5-7-17-11-4-2-3-10(12(11)13)14(15)16/h2-4,9,18H,5-8H2,1H3. The van der Waals surface area contributed by atoms with Crippen molar-refractivity contribution >= 4 is 34.2 Å². The van der Waals surface area contributed by atoms with Gasteiger partial charge in [-0.25, -0.2) is 0 Å². The molecule has 1 rings (SSSR count). The second kappa shape index (κ2) is 7.63. The maximum atomic E-state index is 10.8. The molecular weight excluding hydrogens is 318 g/mol. The number of nitro groups is 1. The minimum atomic E-state index is -0.430. The van der Waals surface area contributed by atoms with Crippen LogP contribution in [0.25, 0.3) is 0 Å². The van der Waals surface area contributed by atoms with Gasteiger partial charge in [-0.15, -0.1) is 0 Å². The average molecular weight is 334 g/mol. The molecule has 1 unspecified atom stereocenters. The summed E-state index contributed by atoms with van der Waals surface area (Å²) in [5.41, 5.74) is 0.0240. The van der Waals surface area contributed by atoms with Crippen molar-refractivity contribution in [2.45, 2.75) is 19.8 Å². The second-order valence-electron chi connectivity index (χ2n) is 4.10. The molecule has 0 aromatic heterocycles. The van der Waals surface area contributed by atoms with Crippen LogP contribution < -0.4 is 4.74 Å². The van der Waals surface area contributed by atoms with Gasteiger partial charge in [0.1, 0.15) is 10.2 Å². The third-order valence-corrected chi connectivity index (χ3v) is 3.68. The third-order valence-electron chi connectivity index (χ3n) is 2.63. The van der Waals surface area contributed by atoms with Crippen molar-refractivity contribution in [3.8, 4) is 5.75 Å². The molecule has 1 aromatic rings. The fourth-order valence-electron chi connectivity index (χ4n) is 1.49. The van der Waals surface area contributed by atoms with E-state index in [0.717, 1.165) is 18.6 Å². The first-order chi connectivity index (χ1) is 8.56. The summed E-state index contributed by atoms with van der Waals surface area (Å²) >= 11 is 7.38. The molecule has 0 N–H and O–H groups in total. The van der Waals surface area contributed by atoms with Crippen LogP contribution in [0.15, 0.2) is 22.7 Å². The number of thiol groups is 1. The molecule has 0 spiro atoms. The molecule has 0 fully saturated rings.